The fourth-order valence-electron chi connectivity index (χ4n) is 3.59. The summed E-state index contributed by atoms with van der Waals surface area (Å²) < 4.78 is 44.9. The summed E-state index contributed by atoms with van der Waals surface area (Å²) in [4.78, 5) is 16.1. The maximum Gasteiger partial charge on any atom is 0.349 e. The van der Waals surface area contributed by atoms with Gasteiger partial charge in [-0.05, 0) is 42.5 Å². The molecule has 4 aromatic rings. The van der Waals surface area contributed by atoms with Crippen molar-refractivity contribution in [3.63, 3.8) is 0 Å². The standard InChI is InChI=1S/C25H18Cl4N2O7S/c26-14-1-4-17(20(28)11-14)23(18-5-2-15(27)12-21(18)29)37-10-9-31-8-7-30-25(31)38-24(33)19-13-16(39(34,35)36)3-6-22(19)32/h1-8,11-13,23,32H,9-10H2,(H,34,35,36). The van der Waals surface area contributed by atoms with Gasteiger partial charge in [0, 0.05) is 43.6 Å². The molecule has 0 aliphatic carbocycles. The van der Waals surface area contributed by atoms with Crippen molar-refractivity contribution < 1.29 is 32.3 Å². The van der Waals surface area contributed by atoms with E-state index in [4.69, 9.17) is 55.9 Å². The number of benzene rings is 3. The first-order chi connectivity index (χ1) is 18.4. The Bertz CT molecular complexity index is 1590. The van der Waals surface area contributed by atoms with Gasteiger partial charge in [0.2, 0.25) is 0 Å². The lowest BCUT2D eigenvalue weighted by Crippen LogP contribution is -2.16. The Kier molecular flexibility index (Phi) is 9.07. The van der Waals surface area contributed by atoms with Crippen LogP contribution in [0.4, 0.5) is 0 Å². The van der Waals surface area contributed by atoms with Crippen LogP contribution in [-0.4, -0.2) is 40.2 Å². The van der Waals surface area contributed by atoms with Gasteiger partial charge in [0.25, 0.3) is 10.1 Å². The Labute approximate surface area is 243 Å². The highest BCUT2D eigenvalue weighted by molar-refractivity contribution is 7.85. The zero-order valence-electron chi connectivity index (χ0n) is 19.6. The van der Waals surface area contributed by atoms with Crippen LogP contribution in [-0.2, 0) is 21.4 Å². The molecule has 3 aromatic carbocycles. The second-order valence-electron chi connectivity index (χ2n) is 8.03. The maximum absolute atomic E-state index is 12.7. The molecule has 1 aromatic heterocycles. The number of esters is 1. The number of aromatic nitrogens is 2. The molecular weight excluding hydrogens is 614 g/mol. The van der Waals surface area contributed by atoms with Crippen molar-refractivity contribution in [2.24, 2.45) is 0 Å². The lowest BCUT2D eigenvalue weighted by Gasteiger charge is -2.22. The number of phenols is 1. The predicted octanol–water partition coefficient (Wildman–Crippen LogP) is 6.47. The molecule has 0 saturated heterocycles. The highest BCUT2D eigenvalue weighted by Crippen LogP contribution is 2.37. The number of hydrogen-bond acceptors (Lipinski definition) is 7. The fourth-order valence-corrected chi connectivity index (χ4v) is 5.11. The van der Waals surface area contributed by atoms with E-state index < -0.39 is 38.4 Å². The van der Waals surface area contributed by atoms with Gasteiger partial charge in [0.1, 0.15) is 17.4 Å². The molecule has 9 nitrogen and oxygen atoms in total. The smallest absolute Gasteiger partial charge is 0.349 e. The monoisotopic (exact) mass is 630 g/mol. The Morgan fingerprint density at radius 2 is 1.56 bits per heavy atom. The van der Waals surface area contributed by atoms with Gasteiger partial charge in [0.15, 0.2) is 0 Å². The second kappa shape index (κ2) is 12.1. The molecular formula is C25H18Cl4N2O7S. The molecule has 204 valence electrons. The summed E-state index contributed by atoms with van der Waals surface area (Å²) in [6.45, 7) is 0.236. The van der Waals surface area contributed by atoms with E-state index in [2.05, 4.69) is 4.98 Å². The van der Waals surface area contributed by atoms with E-state index in [0.717, 1.165) is 18.2 Å². The number of carbonyl (C=O) groups excluding carboxylic acids is 1. The Hall–Kier alpha value is -2.83. The number of nitrogens with zero attached hydrogens (tertiary/aromatic N) is 2. The van der Waals surface area contributed by atoms with Gasteiger partial charge in [0.05, 0.1) is 18.0 Å². The molecule has 39 heavy (non-hydrogen) atoms. The Morgan fingerprint density at radius 1 is 0.949 bits per heavy atom. The predicted molar refractivity (Wildman–Crippen MR) is 146 cm³/mol. The lowest BCUT2D eigenvalue weighted by atomic mass is 10.0. The van der Waals surface area contributed by atoms with Crippen LogP contribution in [0.25, 0.3) is 0 Å². The normalized spacial score (nSPS) is 11.6. The quantitative estimate of drug-likeness (QED) is 0.159. The van der Waals surface area contributed by atoms with Crippen LogP contribution < -0.4 is 4.74 Å². The Balaban J connectivity index is 1.52. The fraction of sp³-hybridized carbons (Fsp3) is 0.120. The van der Waals surface area contributed by atoms with Gasteiger partial charge in [-0.1, -0.05) is 58.5 Å². The van der Waals surface area contributed by atoms with Crippen molar-refractivity contribution in [1.29, 1.82) is 0 Å². The summed E-state index contributed by atoms with van der Waals surface area (Å²) in [5, 5.41) is 11.6. The van der Waals surface area contributed by atoms with E-state index in [1.54, 1.807) is 36.4 Å². The van der Waals surface area contributed by atoms with Gasteiger partial charge in [-0.3, -0.25) is 9.12 Å². The number of hydrogen-bond donors (Lipinski definition) is 2. The first-order valence-corrected chi connectivity index (χ1v) is 13.9. The van der Waals surface area contributed by atoms with E-state index in [0.29, 0.717) is 31.2 Å². The molecule has 0 spiro atoms. The average molecular weight is 632 g/mol. The number of aromatic hydroxyl groups is 1. The maximum atomic E-state index is 12.7. The summed E-state index contributed by atoms with van der Waals surface area (Å²) in [5.41, 5.74) is 0.735. The number of rotatable bonds is 9. The third-order valence-electron chi connectivity index (χ3n) is 5.45. The van der Waals surface area contributed by atoms with E-state index in [-0.39, 0.29) is 19.2 Å². The molecule has 0 atom stereocenters. The van der Waals surface area contributed by atoms with Crippen LogP contribution in [0.15, 0.2) is 71.9 Å². The Morgan fingerprint density at radius 3 is 2.13 bits per heavy atom. The first kappa shape index (κ1) is 29.2. The van der Waals surface area contributed by atoms with Crippen molar-refractivity contribution in [2.75, 3.05) is 6.61 Å². The summed E-state index contributed by atoms with van der Waals surface area (Å²) in [6, 6.07) is 12.5. The molecule has 0 unspecified atom stereocenters. The number of halogens is 4. The van der Waals surface area contributed by atoms with Crippen LogP contribution in [0, 0.1) is 0 Å². The molecule has 1 heterocycles. The third kappa shape index (κ3) is 7.03. The third-order valence-corrected chi connectivity index (χ3v) is 7.43. The molecule has 2 N–H and O–H groups in total. The minimum atomic E-state index is -4.61. The van der Waals surface area contributed by atoms with E-state index >= 15 is 0 Å². The number of ether oxygens (including phenoxy) is 2. The minimum absolute atomic E-state index is 0.0764. The number of carbonyl (C=O) groups is 1. The molecule has 0 amide bonds. The molecule has 0 aliphatic rings. The van der Waals surface area contributed by atoms with Crippen molar-refractivity contribution in [3.05, 3.63) is 104 Å². The topological polar surface area (TPSA) is 128 Å². The first-order valence-electron chi connectivity index (χ1n) is 11.0. The highest BCUT2D eigenvalue weighted by atomic mass is 35.5. The summed E-state index contributed by atoms with van der Waals surface area (Å²) in [7, 11) is -4.61. The molecule has 4 rings (SSSR count). The zero-order chi connectivity index (χ0) is 28.3. The van der Waals surface area contributed by atoms with Crippen LogP contribution in [0.3, 0.4) is 0 Å². The average Bonchev–Trinajstić information content (AvgIpc) is 3.29. The SMILES string of the molecule is O=C(Oc1nccn1CCOC(c1ccc(Cl)cc1Cl)c1ccc(Cl)cc1Cl)c1cc(S(=O)(=O)O)ccc1O. The second-order valence-corrected chi connectivity index (χ2v) is 11.1. The van der Waals surface area contributed by atoms with Crippen molar-refractivity contribution >= 4 is 62.5 Å². The van der Waals surface area contributed by atoms with Gasteiger partial charge in [-0.25, -0.2) is 9.78 Å². The summed E-state index contributed by atoms with van der Waals surface area (Å²) in [6.07, 6.45) is 2.20. The summed E-state index contributed by atoms with van der Waals surface area (Å²) >= 11 is 25.0. The number of imidazole rings is 1. The van der Waals surface area contributed by atoms with Crippen LogP contribution in [0.5, 0.6) is 11.8 Å². The zero-order valence-corrected chi connectivity index (χ0v) is 23.4. The van der Waals surface area contributed by atoms with Crippen molar-refractivity contribution in [3.8, 4) is 11.8 Å². The van der Waals surface area contributed by atoms with Crippen LogP contribution in [0.1, 0.15) is 27.6 Å². The van der Waals surface area contributed by atoms with E-state index in [9.17, 15) is 22.9 Å². The van der Waals surface area contributed by atoms with E-state index in [1.165, 1.54) is 17.0 Å². The highest BCUT2D eigenvalue weighted by Gasteiger charge is 2.23. The van der Waals surface area contributed by atoms with Crippen molar-refractivity contribution in [1.82, 2.24) is 9.55 Å². The number of phenolic OH excluding ortho intramolecular Hbond substituents is 1. The summed E-state index contributed by atoms with van der Waals surface area (Å²) in [5.74, 6) is -1.64. The van der Waals surface area contributed by atoms with Gasteiger partial charge < -0.3 is 14.6 Å². The van der Waals surface area contributed by atoms with Gasteiger partial charge in [-0.15, -0.1) is 0 Å². The van der Waals surface area contributed by atoms with Gasteiger partial charge in [-0.2, -0.15) is 8.42 Å². The van der Waals surface area contributed by atoms with Crippen molar-refractivity contribution in [2.45, 2.75) is 17.5 Å². The van der Waals surface area contributed by atoms with Gasteiger partial charge >= 0.3 is 12.0 Å². The molecule has 0 fully saturated rings. The van der Waals surface area contributed by atoms with Crippen LogP contribution in [0.2, 0.25) is 20.1 Å². The van der Waals surface area contributed by atoms with Crippen LogP contribution >= 0.6 is 46.4 Å². The lowest BCUT2D eigenvalue weighted by molar-refractivity contribution is 0.0652. The molecule has 0 aliphatic heterocycles. The minimum Gasteiger partial charge on any atom is -0.507 e. The largest absolute Gasteiger partial charge is 0.507 e. The van der Waals surface area contributed by atoms with E-state index in [1.807, 2.05) is 0 Å². The molecule has 14 heteroatoms. The molecule has 0 radical (unpaired) electrons. The molecule has 0 saturated carbocycles. The molecule has 0 bridgehead atoms.